The highest BCUT2D eigenvalue weighted by molar-refractivity contribution is 5.81. The van der Waals surface area contributed by atoms with Crippen molar-refractivity contribution in [3.8, 4) is 5.82 Å². The molecule has 0 spiro atoms. The summed E-state index contributed by atoms with van der Waals surface area (Å²) in [5, 5.41) is 6.94. The minimum Gasteiger partial charge on any atom is -0.355 e. The minimum absolute atomic E-state index is 0.0779. The van der Waals surface area contributed by atoms with E-state index >= 15 is 0 Å². The average molecular weight is 352 g/mol. The number of benzene rings is 1. The highest BCUT2D eigenvalue weighted by Gasteiger charge is 2.33. The second-order valence-electron chi connectivity index (χ2n) is 6.10. The first kappa shape index (κ1) is 16.2. The second kappa shape index (κ2) is 6.91. The Morgan fingerprint density at radius 1 is 1.19 bits per heavy atom. The molecule has 1 aromatic carbocycles. The van der Waals surface area contributed by atoms with Gasteiger partial charge in [-0.1, -0.05) is 18.2 Å². The molecular formula is C18H17FN6O. The zero-order valence-electron chi connectivity index (χ0n) is 13.9. The molecule has 7 nitrogen and oxygen atoms in total. The maximum absolute atomic E-state index is 13.6. The molecule has 0 bridgehead atoms. The third-order valence-corrected chi connectivity index (χ3v) is 4.36. The van der Waals surface area contributed by atoms with E-state index in [1.54, 1.807) is 35.3 Å². The van der Waals surface area contributed by atoms with Crippen LogP contribution in [0.1, 0.15) is 5.56 Å². The quantitative estimate of drug-likeness (QED) is 0.754. The summed E-state index contributed by atoms with van der Waals surface area (Å²) in [7, 11) is 0. The fourth-order valence-electron chi connectivity index (χ4n) is 2.84. The van der Waals surface area contributed by atoms with Crippen molar-refractivity contribution in [2.75, 3.05) is 18.0 Å². The molecule has 3 heterocycles. The molecule has 26 heavy (non-hydrogen) atoms. The Morgan fingerprint density at radius 2 is 2.00 bits per heavy atom. The van der Waals surface area contributed by atoms with E-state index in [0.717, 1.165) is 5.82 Å². The molecule has 4 rings (SSSR count). The molecule has 1 fully saturated rings. The number of halogens is 1. The molecular weight excluding hydrogens is 335 g/mol. The Kier molecular flexibility index (Phi) is 4.30. The minimum atomic E-state index is -0.310. The molecule has 8 heteroatoms. The van der Waals surface area contributed by atoms with Crippen LogP contribution >= 0.6 is 0 Å². The Morgan fingerprint density at radius 3 is 2.77 bits per heavy atom. The van der Waals surface area contributed by atoms with E-state index in [9.17, 15) is 9.18 Å². The topological polar surface area (TPSA) is 75.9 Å². The summed E-state index contributed by atoms with van der Waals surface area (Å²) in [6.45, 7) is 1.33. The molecule has 1 N–H and O–H groups in total. The molecule has 0 saturated carbocycles. The molecule has 1 amide bonds. The summed E-state index contributed by atoms with van der Waals surface area (Å²) in [5.74, 6) is 0.905. The monoisotopic (exact) mass is 352 g/mol. The summed E-state index contributed by atoms with van der Waals surface area (Å²) in [5.41, 5.74) is 0.483. The first-order valence-corrected chi connectivity index (χ1v) is 8.29. The van der Waals surface area contributed by atoms with Crippen molar-refractivity contribution in [2.24, 2.45) is 5.92 Å². The van der Waals surface area contributed by atoms with E-state index in [1.165, 1.54) is 12.4 Å². The maximum Gasteiger partial charge on any atom is 0.226 e. The number of rotatable bonds is 5. The number of amides is 1. The first-order chi connectivity index (χ1) is 12.7. The van der Waals surface area contributed by atoms with Crippen molar-refractivity contribution in [1.82, 2.24) is 25.1 Å². The molecule has 2 aromatic heterocycles. The number of carbonyl (C=O) groups excluding carboxylic acids is 1. The summed E-state index contributed by atoms with van der Waals surface area (Å²) < 4.78 is 15.3. The number of aromatic nitrogens is 4. The number of carbonyl (C=O) groups is 1. The number of nitrogens with zero attached hydrogens (tertiary/aromatic N) is 5. The summed E-state index contributed by atoms with van der Waals surface area (Å²) in [6, 6.07) is 10.1. The smallest absolute Gasteiger partial charge is 0.226 e. The Labute approximate surface area is 149 Å². The number of hydrogen-bond acceptors (Lipinski definition) is 5. The van der Waals surface area contributed by atoms with Gasteiger partial charge in [0.2, 0.25) is 5.91 Å². The van der Waals surface area contributed by atoms with Gasteiger partial charge in [-0.3, -0.25) is 4.79 Å². The highest BCUT2D eigenvalue weighted by atomic mass is 19.1. The standard InChI is InChI=1S/C18H17FN6O/c19-15-5-2-1-4-13(15)9-20-18(26)14-10-24(11-14)16-8-17(22-12-21-16)25-7-3-6-23-25/h1-8,12,14H,9-11H2,(H,20,26). The van der Waals surface area contributed by atoms with Crippen molar-refractivity contribution in [2.45, 2.75) is 6.54 Å². The molecule has 3 aromatic rings. The van der Waals surface area contributed by atoms with Crippen LogP contribution in [-0.4, -0.2) is 38.7 Å². The van der Waals surface area contributed by atoms with Crippen LogP contribution in [0.15, 0.2) is 55.1 Å². The van der Waals surface area contributed by atoms with Crippen molar-refractivity contribution < 1.29 is 9.18 Å². The normalized spacial score (nSPS) is 14.1. The molecule has 1 aliphatic heterocycles. The third kappa shape index (κ3) is 3.26. The van der Waals surface area contributed by atoms with Gasteiger partial charge in [-0.25, -0.2) is 19.0 Å². The lowest BCUT2D eigenvalue weighted by molar-refractivity contribution is -0.125. The Balaban J connectivity index is 1.33. The van der Waals surface area contributed by atoms with Crippen molar-refractivity contribution in [3.05, 3.63) is 66.5 Å². The van der Waals surface area contributed by atoms with E-state index in [-0.39, 0.29) is 24.2 Å². The van der Waals surface area contributed by atoms with Gasteiger partial charge in [-0.15, -0.1) is 0 Å². The van der Waals surface area contributed by atoms with Crippen LogP contribution in [0, 0.1) is 11.7 Å². The van der Waals surface area contributed by atoms with Gasteiger partial charge < -0.3 is 10.2 Å². The molecule has 0 radical (unpaired) electrons. The van der Waals surface area contributed by atoms with Crippen LogP contribution < -0.4 is 10.2 Å². The van der Waals surface area contributed by atoms with Crippen LogP contribution in [0.3, 0.4) is 0 Å². The van der Waals surface area contributed by atoms with E-state index in [4.69, 9.17) is 0 Å². The van der Waals surface area contributed by atoms with Crippen molar-refractivity contribution in [1.29, 1.82) is 0 Å². The van der Waals surface area contributed by atoms with Gasteiger partial charge in [0, 0.05) is 43.7 Å². The van der Waals surface area contributed by atoms with E-state index in [0.29, 0.717) is 24.5 Å². The highest BCUT2D eigenvalue weighted by Crippen LogP contribution is 2.23. The van der Waals surface area contributed by atoms with Gasteiger partial charge in [0.05, 0.1) is 5.92 Å². The third-order valence-electron chi connectivity index (χ3n) is 4.36. The molecule has 0 aliphatic carbocycles. The van der Waals surface area contributed by atoms with Crippen LogP contribution in [0.25, 0.3) is 5.82 Å². The Hall–Kier alpha value is -3.29. The SMILES string of the molecule is O=C(NCc1ccccc1F)C1CN(c2cc(-n3cccn3)ncn2)C1. The van der Waals surface area contributed by atoms with Crippen molar-refractivity contribution in [3.63, 3.8) is 0 Å². The van der Waals surface area contributed by atoms with Gasteiger partial charge in [-0.05, 0) is 12.1 Å². The zero-order chi connectivity index (χ0) is 17.9. The number of anilines is 1. The predicted octanol–water partition coefficient (Wildman–Crippen LogP) is 1.55. The van der Waals surface area contributed by atoms with Crippen LogP contribution in [-0.2, 0) is 11.3 Å². The van der Waals surface area contributed by atoms with Gasteiger partial charge in [0.15, 0.2) is 5.82 Å². The van der Waals surface area contributed by atoms with Crippen LogP contribution in [0.4, 0.5) is 10.2 Å². The van der Waals surface area contributed by atoms with E-state index < -0.39 is 0 Å². The average Bonchev–Trinajstić information content (AvgIpc) is 3.15. The predicted molar refractivity (Wildman–Crippen MR) is 93.1 cm³/mol. The second-order valence-corrected chi connectivity index (χ2v) is 6.10. The number of nitrogens with one attached hydrogen (secondary N) is 1. The lowest BCUT2D eigenvalue weighted by Gasteiger charge is -2.39. The molecule has 1 saturated heterocycles. The van der Waals surface area contributed by atoms with Crippen molar-refractivity contribution >= 4 is 11.7 Å². The van der Waals surface area contributed by atoms with Gasteiger partial charge in [0.25, 0.3) is 0 Å². The van der Waals surface area contributed by atoms with Crippen LogP contribution in [0.5, 0.6) is 0 Å². The number of hydrogen-bond donors (Lipinski definition) is 1. The fraction of sp³-hybridized carbons (Fsp3) is 0.222. The molecule has 1 aliphatic rings. The lowest BCUT2D eigenvalue weighted by atomic mass is 9.99. The summed E-state index contributed by atoms with van der Waals surface area (Å²) >= 11 is 0. The molecule has 0 atom stereocenters. The van der Waals surface area contributed by atoms with E-state index in [2.05, 4.69) is 20.4 Å². The maximum atomic E-state index is 13.6. The Bertz CT molecular complexity index is 908. The van der Waals surface area contributed by atoms with Gasteiger partial charge in [-0.2, -0.15) is 5.10 Å². The first-order valence-electron chi connectivity index (χ1n) is 8.29. The zero-order valence-corrected chi connectivity index (χ0v) is 13.9. The molecule has 132 valence electrons. The van der Waals surface area contributed by atoms with Crippen LogP contribution in [0.2, 0.25) is 0 Å². The summed E-state index contributed by atoms with van der Waals surface area (Å²) in [6.07, 6.45) is 4.97. The lowest BCUT2D eigenvalue weighted by Crippen LogP contribution is -2.54. The van der Waals surface area contributed by atoms with Gasteiger partial charge in [0.1, 0.15) is 18.0 Å². The largest absolute Gasteiger partial charge is 0.355 e. The summed E-state index contributed by atoms with van der Waals surface area (Å²) in [4.78, 5) is 22.7. The molecule has 0 unspecified atom stereocenters. The fourth-order valence-corrected chi connectivity index (χ4v) is 2.84. The van der Waals surface area contributed by atoms with Gasteiger partial charge >= 0.3 is 0 Å². The van der Waals surface area contributed by atoms with E-state index in [1.807, 2.05) is 17.0 Å².